The maximum Gasteiger partial charge on any atom is 0.252 e. The van der Waals surface area contributed by atoms with Crippen LogP contribution in [-0.4, -0.2) is 49.6 Å². The van der Waals surface area contributed by atoms with E-state index in [1.807, 2.05) is 24.1 Å². The van der Waals surface area contributed by atoms with Crippen molar-refractivity contribution in [2.45, 2.75) is 6.04 Å². The summed E-state index contributed by atoms with van der Waals surface area (Å²) in [4.78, 5) is 10.4. The Balaban J connectivity index is 1.47. The SMILES string of the molecule is Cn1c(-c2cncc(F)c2)nnc1N1CCOCC1c1nc(-c2cccc(Cl)c2)no1. The minimum absolute atomic E-state index is 0.348. The third-order valence-corrected chi connectivity index (χ3v) is 5.25. The van der Waals surface area contributed by atoms with Crippen molar-refractivity contribution in [3.8, 4) is 22.8 Å². The highest BCUT2D eigenvalue weighted by molar-refractivity contribution is 6.30. The Morgan fingerprint density at radius 1 is 1.16 bits per heavy atom. The van der Waals surface area contributed by atoms with Crippen LogP contribution in [0.1, 0.15) is 11.9 Å². The van der Waals surface area contributed by atoms with Gasteiger partial charge in [-0.15, -0.1) is 10.2 Å². The molecule has 0 N–H and O–H groups in total. The molecule has 3 aromatic heterocycles. The number of morpholine rings is 1. The Morgan fingerprint density at radius 3 is 2.90 bits per heavy atom. The van der Waals surface area contributed by atoms with E-state index in [1.165, 1.54) is 6.07 Å². The fraction of sp³-hybridized carbons (Fsp3) is 0.250. The van der Waals surface area contributed by atoms with Crippen molar-refractivity contribution in [3.05, 3.63) is 59.5 Å². The molecular formula is C20H17ClFN7O2. The smallest absolute Gasteiger partial charge is 0.252 e. The molecule has 0 spiro atoms. The van der Waals surface area contributed by atoms with Gasteiger partial charge in [-0.05, 0) is 18.2 Å². The molecule has 1 fully saturated rings. The van der Waals surface area contributed by atoms with E-state index in [1.54, 1.807) is 22.9 Å². The van der Waals surface area contributed by atoms with E-state index in [9.17, 15) is 4.39 Å². The summed E-state index contributed by atoms with van der Waals surface area (Å²) in [5, 5.41) is 13.2. The lowest BCUT2D eigenvalue weighted by atomic mass is 10.2. The van der Waals surface area contributed by atoms with Gasteiger partial charge in [-0.1, -0.05) is 28.9 Å². The fourth-order valence-electron chi connectivity index (χ4n) is 3.52. The lowest BCUT2D eigenvalue weighted by Gasteiger charge is -2.33. The van der Waals surface area contributed by atoms with Crippen LogP contribution in [0, 0.1) is 5.82 Å². The van der Waals surface area contributed by atoms with Gasteiger partial charge in [0, 0.05) is 35.9 Å². The average molecular weight is 442 g/mol. The third-order valence-electron chi connectivity index (χ3n) is 5.01. The third kappa shape index (κ3) is 3.75. The molecule has 4 heterocycles. The molecule has 1 unspecified atom stereocenters. The van der Waals surface area contributed by atoms with Crippen LogP contribution in [0.2, 0.25) is 5.02 Å². The molecule has 1 aliphatic heterocycles. The Bertz CT molecular complexity index is 1230. The number of anilines is 1. The zero-order chi connectivity index (χ0) is 21.4. The van der Waals surface area contributed by atoms with Crippen LogP contribution in [0.15, 0.2) is 47.2 Å². The van der Waals surface area contributed by atoms with E-state index < -0.39 is 5.82 Å². The van der Waals surface area contributed by atoms with Gasteiger partial charge in [0.05, 0.1) is 19.4 Å². The molecule has 5 rings (SSSR count). The van der Waals surface area contributed by atoms with Crippen molar-refractivity contribution >= 4 is 17.5 Å². The molecule has 1 atom stereocenters. The second-order valence-electron chi connectivity index (χ2n) is 7.03. The predicted octanol–water partition coefficient (Wildman–Crippen LogP) is 3.30. The van der Waals surface area contributed by atoms with Crippen LogP contribution in [0.5, 0.6) is 0 Å². The van der Waals surface area contributed by atoms with E-state index in [0.29, 0.717) is 53.8 Å². The lowest BCUT2D eigenvalue weighted by Crippen LogP contribution is -2.41. The largest absolute Gasteiger partial charge is 0.377 e. The summed E-state index contributed by atoms with van der Waals surface area (Å²) in [7, 11) is 1.81. The number of ether oxygens (including phenoxy) is 1. The predicted molar refractivity (Wildman–Crippen MR) is 110 cm³/mol. The molecule has 158 valence electrons. The molecule has 1 aliphatic rings. The quantitative estimate of drug-likeness (QED) is 0.476. The van der Waals surface area contributed by atoms with E-state index in [2.05, 4.69) is 25.3 Å². The second kappa shape index (κ2) is 8.05. The highest BCUT2D eigenvalue weighted by Gasteiger charge is 2.33. The number of hydrogen-bond donors (Lipinski definition) is 0. The van der Waals surface area contributed by atoms with Crippen molar-refractivity contribution in [2.75, 3.05) is 24.7 Å². The molecule has 0 bridgehead atoms. The summed E-state index contributed by atoms with van der Waals surface area (Å²) < 4.78 is 26.6. The Labute approximate surface area is 181 Å². The maximum atomic E-state index is 13.6. The monoisotopic (exact) mass is 441 g/mol. The number of rotatable bonds is 4. The molecule has 11 heteroatoms. The Kier molecular flexibility index (Phi) is 5.08. The minimum atomic E-state index is -0.439. The summed E-state index contributed by atoms with van der Waals surface area (Å²) in [5.74, 6) is 1.47. The number of aromatic nitrogens is 6. The Hall–Kier alpha value is -3.37. The van der Waals surface area contributed by atoms with E-state index in [-0.39, 0.29) is 6.04 Å². The summed E-state index contributed by atoms with van der Waals surface area (Å²) >= 11 is 6.07. The van der Waals surface area contributed by atoms with Gasteiger partial charge in [-0.25, -0.2) is 4.39 Å². The van der Waals surface area contributed by atoms with Crippen molar-refractivity contribution in [1.29, 1.82) is 0 Å². The van der Waals surface area contributed by atoms with Crippen LogP contribution in [0.25, 0.3) is 22.8 Å². The normalized spacial score (nSPS) is 16.6. The van der Waals surface area contributed by atoms with Crippen LogP contribution >= 0.6 is 11.6 Å². The molecular weight excluding hydrogens is 425 g/mol. The summed E-state index contributed by atoms with van der Waals surface area (Å²) in [6, 6.07) is 8.25. The van der Waals surface area contributed by atoms with Gasteiger partial charge in [-0.3, -0.25) is 9.55 Å². The molecule has 1 saturated heterocycles. The first-order valence-corrected chi connectivity index (χ1v) is 9.92. The van der Waals surface area contributed by atoms with Crippen LogP contribution in [-0.2, 0) is 11.8 Å². The Morgan fingerprint density at radius 2 is 2.06 bits per heavy atom. The van der Waals surface area contributed by atoms with Gasteiger partial charge in [-0.2, -0.15) is 4.98 Å². The number of halogens is 2. The zero-order valence-electron chi connectivity index (χ0n) is 16.4. The topological polar surface area (TPSA) is 95.0 Å². The van der Waals surface area contributed by atoms with Gasteiger partial charge in [0.25, 0.3) is 5.89 Å². The number of nitrogens with zero attached hydrogens (tertiary/aromatic N) is 7. The molecule has 0 saturated carbocycles. The van der Waals surface area contributed by atoms with Gasteiger partial charge < -0.3 is 14.2 Å². The van der Waals surface area contributed by atoms with Gasteiger partial charge in [0.2, 0.25) is 11.8 Å². The number of pyridine rings is 1. The first-order chi connectivity index (χ1) is 15.1. The molecule has 0 amide bonds. The van der Waals surface area contributed by atoms with Crippen LogP contribution < -0.4 is 4.90 Å². The van der Waals surface area contributed by atoms with Gasteiger partial charge >= 0.3 is 0 Å². The zero-order valence-corrected chi connectivity index (χ0v) is 17.2. The van der Waals surface area contributed by atoms with Crippen molar-refractivity contribution in [1.82, 2.24) is 29.9 Å². The molecule has 31 heavy (non-hydrogen) atoms. The summed E-state index contributed by atoms with van der Waals surface area (Å²) in [6.07, 6.45) is 2.69. The van der Waals surface area contributed by atoms with Gasteiger partial charge in [0.1, 0.15) is 11.9 Å². The highest BCUT2D eigenvalue weighted by atomic mass is 35.5. The van der Waals surface area contributed by atoms with Crippen LogP contribution in [0.4, 0.5) is 10.3 Å². The highest BCUT2D eigenvalue weighted by Crippen LogP contribution is 2.31. The van der Waals surface area contributed by atoms with E-state index in [0.717, 1.165) is 11.8 Å². The van der Waals surface area contributed by atoms with Crippen molar-refractivity contribution in [3.63, 3.8) is 0 Å². The van der Waals surface area contributed by atoms with Crippen molar-refractivity contribution in [2.24, 2.45) is 7.05 Å². The first kappa shape index (κ1) is 19.6. The molecule has 4 aromatic rings. The maximum absolute atomic E-state index is 13.6. The fourth-order valence-corrected chi connectivity index (χ4v) is 3.71. The number of benzene rings is 1. The summed E-state index contributed by atoms with van der Waals surface area (Å²) in [5.41, 5.74) is 1.29. The number of hydrogen-bond acceptors (Lipinski definition) is 8. The second-order valence-corrected chi connectivity index (χ2v) is 7.46. The van der Waals surface area contributed by atoms with E-state index in [4.69, 9.17) is 20.9 Å². The first-order valence-electron chi connectivity index (χ1n) is 9.54. The van der Waals surface area contributed by atoms with Crippen molar-refractivity contribution < 1.29 is 13.7 Å². The summed E-state index contributed by atoms with van der Waals surface area (Å²) in [6.45, 7) is 1.41. The molecule has 9 nitrogen and oxygen atoms in total. The van der Waals surface area contributed by atoms with E-state index >= 15 is 0 Å². The van der Waals surface area contributed by atoms with Gasteiger partial charge in [0.15, 0.2) is 5.82 Å². The van der Waals surface area contributed by atoms with Crippen LogP contribution in [0.3, 0.4) is 0 Å². The molecule has 0 aliphatic carbocycles. The minimum Gasteiger partial charge on any atom is -0.377 e. The molecule has 0 radical (unpaired) electrons. The average Bonchev–Trinajstić information content (AvgIpc) is 3.41. The molecule has 1 aromatic carbocycles. The lowest BCUT2D eigenvalue weighted by molar-refractivity contribution is 0.0826. The standard InChI is InChI=1S/C20H17ClFN7O2/c1-28-18(13-8-15(22)10-23-9-13)25-26-20(28)29-5-6-30-11-16(29)19-24-17(27-31-19)12-3-2-4-14(21)7-12/h2-4,7-10,16H,5-6,11H2,1H3.